The lowest BCUT2D eigenvalue weighted by atomic mass is 10.1. The van der Waals surface area contributed by atoms with Crippen LogP contribution < -0.4 is 14.8 Å². The van der Waals surface area contributed by atoms with Crippen molar-refractivity contribution in [3.63, 3.8) is 0 Å². The van der Waals surface area contributed by atoms with Crippen LogP contribution in [0.1, 0.15) is 29.7 Å². The van der Waals surface area contributed by atoms with Crippen LogP contribution in [0.25, 0.3) is 0 Å². The van der Waals surface area contributed by atoms with E-state index in [4.69, 9.17) is 9.47 Å². The highest BCUT2D eigenvalue weighted by Gasteiger charge is 2.15. The van der Waals surface area contributed by atoms with Gasteiger partial charge in [-0.05, 0) is 61.5 Å². The molecule has 2 aromatic rings. The van der Waals surface area contributed by atoms with Gasteiger partial charge in [-0.2, -0.15) is 0 Å². The maximum absolute atomic E-state index is 9.55. The fraction of sp³-hybridized carbons (Fsp3) is 0.524. The summed E-state index contributed by atoms with van der Waals surface area (Å²) in [5.74, 6) is 1.56. The molecule has 2 heterocycles. The van der Waals surface area contributed by atoms with Crippen LogP contribution in [0.5, 0.6) is 11.5 Å². The molecule has 6 heteroatoms. The summed E-state index contributed by atoms with van der Waals surface area (Å²) in [7, 11) is 1.68. The van der Waals surface area contributed by atoms with E-state index in [2.05, 4.69) is 27.7 Å². The summed E-state index contributed by atoms with van der Waals surface area (Å²) in [6, 6.07) is 10.2. The third kappa shape index (κ3) is 6.50. The van der Waals surface area contributed by atoms with Crippen molar-refractivity contribution in [2.45, 2.75) is 38.5 Å². The minimum absolute atomic E-state index is 0.0911. The molecule has 1 aliphatic rings. The molecule has 1 aromatic heterocycles. The van der Waals surface area contributed by atoms with E-state index in [1.165, 1.54) is 10.4 Å². The van der Waals surface area contributed by atoms with Gasteiger partial charge in [-0.3, -0.25) is 0 Å². The molecule has 2 N–H and O–H groups in total. The minimum atomic E-state index is -0.0911. The van der Waals surface area contributed by atoms with Crippen LogP contribution in [0.2, 0.25) is 0 Å². The molecule has 3 rings (SSSR count). The summed E-state index contributed by atoms with van der Waals surface area (Å²) in [6.45, 7) is 5.51. The Bertz CT molecular complexity index is 670. The number of thiophene rings is 1. The SMILES string of the molecule is COc1cc(CNCCCN2CCC(O)CC2)ccc1OCc1cccs1. The van der Waals surface area contributed by atoms with Gasteiger partial charge >= 0.3 is 0 Å². The van der Waals surface area contributed by atoms with Crippen LogP contribution in [-0.4, -0.2) is 49.4 Å². The van der Waals surface area contributed by atoms with Crippen LogP contribution in [0.3, 0.4) is 0 Å². The van der Waals surface area contributed by atoms with Gasteiger partial charge in [-0.15, -0.1) is 11.3 Å². The van der Waals surface area contributed by atoms with Gasteiger partial charge in [0.2, 0.25) is 0 Å². The van der Waals surface area contributed by atoms with Crippen LogP contribution in [0.15, 0.2) is 35.7 Å². The largest absolute Gasteiger partial charge is 0.493 e. The summed E-state index contributed by atoms with van der Waals surface area (Å²) in [4.78, 5) is 3.64. The van der Waals surface area contributed by atoms with Gasteiger partial charge in [0.05, 0.1) is 13.2 Å². The van der Waals surface area contributed by atoms with Crippen LogP contribution >= 0.6 is 11.3 Å². The maximum Gasteiger partial charge on any atom is 0.161 e. The molecule has 1 fully saturated rings. The van der Waals surface area contributed by atoms with E-state index >= 15 is 0 Å². The topological polar surface area (TPSA) is 54.0 Å². The predicted octanol–water partition coefficient (Wildman–Crippen LogP) is 3.27. The second-order valence-electron chi connectivity index (χ2n) is 6.96. The van der Waals surface area contributed by atoms with E-state index in [1.54, 1.807) is 18.4 Å². The first-order valence-electron chi connectivity index (χ1n) is 9.68. The van der Waals surface area contributed by atoms with E-state index in [0.29, 0.717) is 6.61 Å². The molecular weight excluding hydrogens is 360 g/mol. The smallest absolute Gasteiger partial charge is 0.161 e. The van der Waals surface area contributed by atoms with Gasteiger partial charge < -0.3 is 24.8 Å². The number of nitrogens with zero attached hydrogens (tertiary/aromatic N) is 1. The Morgan fingerprint density at radius 3 is 2.81 bits per heavy atom. The Balaban J connectivity index is 1.38. The number of methoxy groups -OCH3 is 1. The van der Waals surface area contributed by atoms with Crippen molar-refractivity contribution in [1.82, 2.24) is 10.2 Å². The average Bonchev–Trinajstić information content (AvgIpc) is 3.21. The number of rotatable bonds is 10. The minimum Gasteiger partial charge on any atom is -0.493 e. The third-order valence-electron chi connectivity index (χ3n) is 4.89. The van der Waals surface area contributed by atoms with Crippen molar-refractivity contribution in [2.24, 2.45) is 0 Å². The molecule has 1 saturated heterocycles. The normalized spacial score (nSPS) is 15.8. The molecule has 0 amide bonds. The molecule has 0 spiro atoms. The molecule has 27 heavy (non-hydrogen) atoms. The summed E-state index contributed by atoms with van der Waals surface area (Å²) in [5, 5.41) is 15.1. The van der Waals surface area contributed by atoms with Crippen molar-refractivity contribution in [3.8, 4) is 11.5 Å². The zero-order valence-corrected chi connectivity index (χ0v) is 16.8. The fourth-order valence-electron chi connectivity index (χ4n) is 3.29. The Morgan fingerprint density at radius 1 is 1.22 bits per heavy atom. The highest BCUT2D eigenvalue weighted by molar-refractivity contribution is 7.09. The monoisotopic (exact) mass is 390 g/mol. The second kappa shape index (κ2) is 10.7. The van der Waals surface area contributed by atoms with E-state index in [0.717, 1.165) is 63.5 Å². The summed E-state index contributed by atoms with van der Waals surface area (Å²) >= 11 is 1.69. The summed E-state index contributed by atoms with van der Waals surface area (Å²) in [6.07, 6.45) is 2.85. The van der Waals surface area contributed by atoms with Crippen molar-refractivity contribution < 1.29 is 14.6 Å². The molecule has 1 aliphatic heterocycles. The number of likely N-dealkylation sites (tertiary alicyclic amines) is 1. The average molecular weight is 391 g/mol. The number of benzene rings is 1. The fourth-order valence-corrected chi connectivity index (χ4v) is 3.90. The number of ether oxygens (including phenoxy) is 2. The first-order valence-corrected chi connectivity index (χ1v) is 10.6. The van der Waals surface area contributed by atoms with Crippen molar-refractivity contribution in [2.75, 3.05) is 33.3 Å². The Labute approximate surface area is 165 Å². The molecule has 148 valence electrons. The molecule has 5 nitrogen and oxygen atoms in total. The number of hydrogen-bond acceptors (Lipinski definition) is 6. The summed E-state index contributed by atoms with van der Waals surface area (Å²) in [5.41, 5.74) is 1.19. The first-order chi connectivity index (χ1) is 13.2. The van der Waals surface area contributed by atoms with E-state index in [-0.39, 0.29) is 6.10 Å². The number of aliphatic hydroxyl groups is 1. The Morgan fingerprint density at radius 2 is 2.07 bits per heavy atom. The van der Waals surface area contributed by atoms with Crippen molar-refractivity contribution in [1.29, 1.82) is 0 Å². The molecular formula is C21H30N2O3S. The van der Waals surface area contributed by atoms with E-state index in [1.807, 2.05) is 18.2 Å². The molecule has 0 atom stereocenters. The van der Waals surface area contributed by atoms with E-state index in [9.17, 15) is 5.11 Å². The van der Waals surface area contributed by atoms with Gasteiger partial charge in [-0.25, -0.2) is 0 Å². The lowest BCUT2D eigenvalue weighted by Gasteiger charge is -2.29. The molecule has 0 bridgehead atoms. The zero-order valence-electron chi connectivity index (χ0n) is 16.0. The van der Waals surface area contributed by atoms with Gasteiger partial charge in [-0.1, -0.05) is 12.1 Å². The zero-order chi connectivity index (χ0) is 18.9. The highest BCUT2D eigenvalue weighted by atomic mass is 32.1. The first kappa shape index (κ1) is 20.1. The van der Waals surface area contributed by atoms with Crippen LogP contribution in [-0.2, 0) is 13.2 Å². The van der Waals surface area contributed by atoms with Crippen LogP contribution in [0.4, 0.5) is 0 Å². The van der Waals surface area contributed by atoms with Gasteiger partial charge in [0.1, 0.15) is 6.61 Å². The highest BCUT2D eigenvalue weighted by Crippen LogP contribution is 2.29. The molecule has 0 radical (unpaired) electrons. The van der Waals surface area contributed by atoms with Gasteiger partial charge in [0.25, 0.3) is 0 Å². The van der Waals surface area contributed by atoms with Crippen LogP contribution in [0, 0.1) is 0 Å². The lowest BCUT2D eigenvalue weighted by molar-refractivity contribution is 0.0821. The maximum atomic E-state index is 9.55. The molecule has 0 unspecified atom stereocenters. The number of hydrogen-bond donors (Lipinski definition) is 2. The van der Waals surface area contributed by atoms with Gasteiger partial charge in [0, 0.05) is 24.5 Å². The van der Waals surface area contributed by atoms with E-state index < -0.39 is 0 Å². The number of nitrogens with one attached hydrogen (secondary N) is 1. The quantitative estimate of drug-likeness (QED) is 0.610. The number of piperidine rings is 1. The predicted molar refractivity (Wildman–Crippen MR) is 110 cm³/mol. The molecule has 0 aliphatic carbocycles. The second-order valence-corrected chi connectivity index (χ2v) is 7.99. The van der Waals surface area contributed by atoms with Gasteiger partial charge in [0.15, 0.2) is 11.5 Å². The Kier molecular flexibility index (Phi) is 7.95. The summed E-state index contributed by atoms with van der Waals surface area (Å²) < 4.78 is 11.4. The van der Waals surface area contributed by atoms with Crippen molar-refractivity contribution in [3.05, 3.63) is 46.2 Å². The van der Waals surface area contributed by atoms with Crippen molar-refractivity contribution >= 4 is 11.3 Å². The Hall–Kier alpha value is -1.60. The third-order valence-corrected chi connectivity index (χ3v) is 5.74. The standard InChI is InChI=1S/C21H30N2O3S/c1-25-21-14-17(5-6-20(21)26-16-19-4-2-13-27-19)15-22-9-3-10-23-11-7-18(24)8-12-23/h2,4-6,13-14,18,22,24H,3,7-12,15-16H2,1H3. The molecule has 1 aromatic carbocycles. The lowest BCUT2D eigenvalue weighted by Crippen LogP contribution is -2.37. The number of aliphatic hydroxyl groups excluding tert-OH is 1. The molecule has 0 saturated carbocycles.